The van der Waals surface area contributed by atoms with E-state index < -0.39 is 30.3 Å². The van der Waals surface area contributed by atoms with E-state index in [0.717, 1.165) is 12.1 Å². The first-order valence-corrected chi connectivity index (χ1v) is 7.86. The largest absolute Gasteiger partial charge is 0.416 e. The summed E-state index contributed by atoms with van der Waals surface area (Å²) in [7, 11) is 0. The highest BCUT2D eigenvalue weighted by molar-refractivity contribution is 5.94. The third-order valence-corrected chi connectivity index (χ3v) is 3.71. The van der Waals surface area contributed by atoms with Gasteiger partial charge in [0, 0.05) is 11.1 Å². The molecule has 0 spiro atoms. The topological polar surface area (TPSA) is 88.2 Å². The van der Waals surface area contributed by atoms with Gasteiger partial charge < -0.3 is 14.9 Å². The van der Waals surface area contributed by atoms with E-state index in [2.05, 4.69) is 15.5 Å². The summed E-state index contributed by atoms with van der Waals surface area (Å²) in [5, 5.41) is 15.7. The zero-order valence-corrected chi connectivity index (χ0v) is 13.8. The van der Waals surface area contributed by atoms with Crippen LogP contribution in [0.4, 0.5) is 13.2 Å². The Morgan fingerprint density at radius 2 is 1.89 bits per heavy atom. The number of nitrogens with zero attached hydrogens (tertiary/aromatic N) is 2. The monoisotopic (exact) mass is 377 g/mol. The first-order chi connectivity index (χ1) is 12.9. The number of amides is 1. The molecule has 0 radical (unpaired) electrons. The summed E-state index contributed by atoms with van der Waals surface area (Å²) in [6.45, 7) is -0.525. The summed E-state index contributed by atoms with van der Waals surface area (Å²) in [6, 6.07) is 11.8. The number of rotatable bonds is 5. The number of benzene rings is 2. The fourth-order valence-electron chi connectivity index (χ4n) is 2.35. The van der Waals surface area contributed by atoms with E-state index in [9.17, 15) is 23.1 Å². The number of aliphatic hydroxyl groups excluding tert-OH is 1. The van der Waals surface area contributed by atoms with Gasteiger partial charge in [-0.05, 0) is 24.3 Å². The highest BCUT2D eigenvalue weighted by atomic mass is 19.4. The van der Waals surface area contributed by atoms with Crippen molar-refractivity contribution < 1.29 is 27.6 Å². The molecule has 1 unspecified atom stereocenters. The van der Waals surface area contributed by atoms with E-state index in [4.69, 9.17) is 4.52 Å². The molecule has 0 saturated carbocycles. The number of halogens is 3. The van der Waals surface area contributed by atoms with E-state index >= 15 is 0 Å². The molecular weight excluding hydrogens is 363 g/mol. The van der Waals surface area contributed by atoms with Gasteiger partial charge in [-0.3, -0.25) is 4.79 Å². The first kappa shape index (κ1) is 18.6. The fourth-order valence-corrected chi connectivity index (χ4v) is 2.35. The summed E-state index contributed by atoms with van der Waals surface area (Å²) in [4.78, 5) is 16.2. The number of alkyl halides is 3. The second kappa shape index (κ2) is 7.58. The molecule has 0 saturated heterocycles. The van der Waals surface area contributed by atoms with Gasteiger partial charge in [0.1, 0.15) is 6.04 Å². The SMILES string of the molecule is O=C(NC(CO)c1nc(-c2cccc(C(F)(F)F)c2)no1)c1ccccc1. The van der Waals surface area contributed by atoms with Crippen LogP contribution in [0.3, 0.4) is 0 Å². The van der Waals surface area contributed by atoms with Crippen LogP contribution in [0.5, 0.6) is 0 Å². The molecule has 9 heteroatoms. The van der Waals surface area contributed by atoms with Crippen molar-refractivity contribution in [2.75, 3.05) is 6.61 Å². The van der Waals surface area contributed by atoms with Crippen molar-refractivity contribution in [2.24, 2.45) is 0 Å². The molecule has 2 N–H and O–H groups in total. The predicted molar refractivity (Wildman–Crippen MR) is 88.5 cm³/mol. The van der Waals surface area contributed by atoms with Gasteiger partial charge in [-0.15, -0.1) is 0 Å². The van der Waals surface area contributed by atoms with Gasteiger partial charge >= 0.3 is 6.18 Å². The normalized spacial score (nSPS) is 12.6. The van der Waals surface area contributed by atoms with Crippen LogP contribution in [-0.4, -0.2) is 27.8 Å². The number of carbonyl (C=O) groups is 1. The molecule has 1 amide bonds. The van der Waals surface area contributed by atoms with Crippen molar-refractivity contribution in [1.82, 2.24) is 15.5 Å². The molecule has 1 aromatic heterocycles. The van der Waals surface area contributed by atoms with Crippen molar-refractivity contribution in [2.45, 2.75) is 12.2 Å². The van der Waals surface area contributed by atoms with Crippen molar-refractivity contribution in [3.8, 4) is 11.4 Å². The number of hydrogen-bond acceptors (Lipinski definition) is 5. The molecule has 0 fully saturated rings. The maximum Gasteiger partial charge on any atom is 0.416 e. The second-order valence-electron chi connectivity index (χ2n) is 5.61. The molecule has 1 heterocycles. The smallest absolute Gasteiger partial charge is 0.394 e. The molecule has 0 aliphatic carbocycles. The van der Waals surface area contributed by atoms with Crippen LogP contribution in [-0.2, 0) is 6.18 Å². The Bertz CT molecular complexity index is 926. The standard InChI is InChI=1S/C18H14F3N3O3/c19-18(20,21)13-8-4-7-12(9-13)15-23-17(27-24-15)14(10-25)22-16(26)11-5-2-1-3-6-11/h1-9,14,25H,10H2,(H,22,26). The highest BCUT2D eigenvalue weighted by Gasteiger charge is 2.31. The van der Waals surface area contributed by atoms with Crippen LogP contribution in [0, 0.1) is 0 Å². The van der Waals surface area contributed by atoms with Crippen molar-refractivity contribution >= 4 is 5.91 Å². The minimum atomic E-state index is -4.50. The lowest BCUT2D eigenvalue weighted by molar-refractivity contribution is -0.137. The summed E-state index contributed by atoms with van der Waals surface area (Å²) < 4.78 is 43.5. The van der Waals surface area contributed by atoms with Crippen LogP contribution in [0.25, 0.3) is 11.4 Å². The second-order valence-corrected chi connectivity index (χ2v) is 5.61. The molecule has 3 aromatic rings. The number of aromatic nitrogens is 2. The molecular formula is C18H14F3N3O3. The highest BCUT2D eigenvalue weighted by Crippen LogP contribution is 2.31. The molecule has 1 atom stereocenters. The maximum atomic E-state index is 12.8. The van der Waals surface area contributed by atoms with Gasteiger partial charge in [0.25, 0.3) is 11.8 Å². The van der Waals surface area contributed by atoms with Gasteiger partial charge in [-0.25, -0.2) is 0 Å². The first-order valence-electron chi connectivity index (χ1n) is 7.86. The number of carbonyl (C=O) groups excluding carboxylic acids is 1. The Balaban J connectivity index is 1.80. The molecule has 3 rings (SSSR count). The van der Waals surface area contributed by atoms with Gasteiger partial charge in [-0.1, -0.05) is 35.5 Å². The summed E-state index contributed by atoms with van der Waals surface area (Å²) >= 11 is 0. The van der Waals surface area contributed by atoms with Gasteiger partial charge in [-0.2, -0.15) is 18.2 Å². The average Bonchev–Trinajstić information content (AvgIpc) is 3.16. The number of aliphatic hydroxyl groups is 1. The third-order valence-electron chi connectivity index (χ3n) is 3.71. The molecule has 140 valence electrons. The Labute approximate surface area is 151 Å². The lowest BCUT2D eigenvalue weighted by Gasteiger charge is -2.12. The quantitative estimate of drug-likeness (QED) is 0.713. The zero-order chi connectivity index (χ0) is 19.4. The van der Waals surface area contributed by atoms with Crippen LogP contribution in [0.15, 0.2) is 59.1 Å². The maximum absolute atomic E-state index is 12.8. The Hall–Kier alpha value is -3.20. The van der Waals surface area contributed by atoms with Crippen LogP contribution >= 0.6 is 0 Å². The lowest BCUT2D eigenvalue weighted by Crippen LogP contribution is -2.31. The zero-order valence-electron chi connectivity index (χ0n) is 13.8. The number of hydrogen-bond donors (Lipinski definition) is 2. The molecule has 2 aromatic carbocycles. The predicted octanol–water partition coefficient (Wildman–Crippen LogP) is 3.22. The van der Waals surface area contributed by atoms with E-state index in [1.54, 1.807) is 30.3 Å². The number of nitrogens with one attached hydrogen (secondary N) is 1. The van der Waals surface area contributed by atoms with Crippen LogP contribution in [0.1, 0.15) is 27.9 Å². The third kappa shape index (κ3) is 4.32. The Morgan fingerprint density at radius 3 is 2.56 bits per heavy atom. The van der Waals surface area contributed by atoms with Crippen LogP contribution < -0.4 is 5.32 Å². The molecule has 0 aliphatic heterocycles. The van der Waals surface area contributed by atoms with Crippen molar-refractivity contribution in [3.63, 3.8) is 0 Å². The van der Waals surface area contributed by atoms with E-state index in [1.807, 2.05) is 0 Å². The van der Waals surface area contributed by atoms with E-state index in [-0.39, 0.29) is 17.3 Å². The van der Waals surface area contributed by atoms with Gasteiger partial charge in [0.2, 0.25) is 5.82 Å². The molecule has 0 bridgehead atoms. The summed E-state index contributed by atoms with van der Waals surface area (Å²) in [6.07, 6.45) is -4.50. The molecule has 0 aliphatic rings. The summed E-state index contributed by atoms with van der Waals surface area (Å²) in [5.41, 5.74) is -0.373. The average molecular weight is 377 g/mol. The van der Waals surface area contributed by atoms with Crippen LogP contribution in [0.2, 0.25) is 0 Å². The van der Waals surface area contributed by atoms with Gasteiger partial charge in [0.15, 0.2) is 0 Å². The Morgan fingerprint density at radius 1 is 1.15 bits per heavy atom. The molecule has 6 nitrogen and oxygen atoms in total. The van der Waals surface area contributed by atoms with E-state index in [0.29, 0.717) is 5.56 Å². The van der Waals surface area contributed by atoms with Crippen molar-refractivity contribution in [3.05, 3.63) is 71.6 Å². The van der Waals surface area contributed by atoms with E-state index in [1.165, 1.54) is 12.1 Å². The Kier molecular flexibility index (Phi) is 5.22. The summed E-state index contributed by atoms with van der Waals surface area (Å²) in [5.74, 6) is -0.661. The lowest BCUT2D eigenvalue weighted by atomic mass is 10.1. The minimum absolute atomic E-state index is 0.0801. The van der Waals surface area contributed by atoms with Crippen molar-refractivity contribution in [1.29, 1.82) is 0 Å². The molecule has 27 heavy (non-hydrogen) atoms. The fraction of sp³-hybridized carbons (Fsp3) is 0.167. The van der Waals surface area contributed by atoms with Gasteiger partial charge in [0.05, 0.1) is 12.2 Å². The minimum Gasteiger partial charge on any atom is -0.394 e.